The van der Waals surface area contributed by atoms with Crippen LogP contribution in [0.4, 0.5) is 13.6 Å². The molecule has 0 spiro atoms. The van der Waals surface area contributed by atoms with Gasteiger partial charge in [0.15, 0.2) is 15.0 Å². The van der Waals surface area contributed by atoms with E-state index in [9.17, 15) is 27.1 Å². The summed E-state index contributed by atoms with van der Waals surface area (Å²) in [4.78, 5) is 22.1. The van der Waals surface area contributed by atoms with Crippen LogP contribution in [0.1, 0.15) is 23.2 Å². The van der Waals surface area contributed by atoms with Crippen molar-refractivity contribution in [2.75, 3.05) is 24.3 Å². The first kappa shape index (κ1) is 26.0. The van der Waals surface area contributed by atoms with Gasteiger partial charge in [0.1, 0.15) is 5.69 Å². The van der Waals surface area contributed by atoms with Crippen molar-refractivity contribution in [3.63, 3.8) is 0 Å². The number of carboxylic acid groups (broad SMARTS) is 1. The van der Waals surface area contributed by atoms with Gasteiger partial charge in [0.2, 0.25) is 0 Å². The highest BCUT2D eigenvalue weighted by Crippen LogP contribution is 2.45. The van der Waals surface area contributed by atoms with E-state index < -0.39 is 35.5 Å². The van der Waals surface area contributed by atoms with Crippen LogP contribution in [0.5, 0.6) is 0 Å². The Balaban J connectivity index is 1.74. The van der Waals surface area contributed by atoms with Crippen molar-refractivity contribution in [3.8, 4) is 11.3 Å². The molecule has 190 valence electrons. The van der Waals surface area contributed by atoms with E-state index >= 15 is 0 Å². The number of thioether (sulfide) groups is 1. The molecule has 1 amide bonds. The normalized spacial score (nSPS) is 19.6. The van der Waals surface area contributed by atoms with Crippen molar-refractivity contribution >= 4 is 35.8 Å². The lowest BCUT2D eigenvalue weighted by Crippen LogP contribution is -2.64. The first-order valence-electron chi connectivity index (χ1n) is 11.3. The van der Waals surface area contributed by atoms with Gasteiger partial charge in [-0.25, -0.2) is 23.2 Å². The second-order valence-electron chi connectivity index (χ2n) is 10.5. The number of fused-ring (bicyclic) bond motifs is 1. The second kappa shape index (κ2) is 8.81. The zero-order valence-electron chi connectivity index (χ0n) is 20.1. The molecule has 0 saturated carbocycles. The van der Waals surface area contributed by atoms with Crippen LogP contribution in [0.2, 0.25) is 25.7 Å². The van der Waals surface area contributed by atoms with Crippen LogP contribution >= 0.6 is 11.8 Å². The number of amides is 1. The number of hydrogen-bond donors (Lipinski definition) is 1. The predicted molar refractivity (Wildman–Crippen MR) is 135 cm³/mol. The Kier molecular flexibility index (Phi) is 6.55. The minimum Gasteiger partial charge on any atom is -0.465 e. The zero-order chi connectivity index (χ0) is 25.8. The van der Waals surface area contributed by atoms with E-state index in [4.69, 9.17) is 0 Å². The number of halogens is 2. The summed E-state index contributed by atoms with van der Waals surface area (Å²) in [5, 5.41) is 10.3. The van der Waals surface area contributed by atoms with Crippen LogP contribution in [0, 0.1) is 0 Å². The zero-order valence-corrected chi connectivity index (χ0v) is 22.8. The molecule has 0 radical (unpaired) electrons. The van der Waals surface area contributed by atoms with E-state index in [0.717, 1.165) is 0 Å². The second-order valence-corrected chi connectivity index (χ2v) is 18.9. The Morgan fingerprint density at radius 2 is 1.80 bits per heavy atom. The summed E-state index contributed by atoms with van der Waals surface area (Å²) in [6, 6.07) is 7.54. The molecule has 1 aliphatic heterocycles. The lowest BCUT2D eigenvalue weighted by molar-refractivity contribution is -0.00651. The Labute approximate surface area is 209 Å². The first-order valence-corrected chi connectivity index (χ1v) is 18.1. The SMILES string of the molecule is CSc1nc(-c2ccc(C3(N(CC[Si](C)(C)C)C(=O)O)CS(=O)(=O)C3)cc2)c2c(n1)C(F)(F)CC2. The molecule has 1 saturated heterocycles. The van der Waals surface area contributed by atoms with Crippen LogP contribution in [0.3, 0.4) is 0 Å². The van der Waals surface area contributed by atoms with Crippen molar-refractivity contribution in [1.29, 1.82) is 0 Å². The molecule has 2 aliphatic rings. The maximum absolute atomic E-state index is 14.4. The molecule has 1 N–H and O–H groups in total. The van der Waals surface area contributed by atoms with Gasteiger partial charge in [0.05, 0.1) is 22.7 Å². The van der Waals surface area contributed by atoms with Gasteiger partial charge in [-0.2, -0.15) is 8.78 Å². The molecule has 7 nitrogen and oxygen atoms in total. The highest BCUT2D eigenvalue weighted by Gasteiger charge is 2.55. The summed E-state index contributed by atoms with van der Waals surface area (Å²) >= 11 is 1.19. The summed E-state index contributed by atoms with van der Waals surface area (Å²) in [6.07, 6.45) is 0.428. The maximum atomic E-state index is 14.4. The molecular formula is C23H29F2N3O4S2Si. The number of rotatable bonds is 7. The topological polar surface area (TPSA) is 100 Å². The highest BCUT2D eigenvalue weighted by atomic mass is 32.2. The Morgan fingerprint density at radius 3 is 2.31 bits per heavy atom. The quantitative estimate of drug-likeness (QED) is 0.304. The number of aromatic nitrogens is 2. The maximum Gasteiger partial charge on any atom is 0.408 e. The molecule has 12 heteroatoms. The van der Waals surface area contributed by atoms with E-state index in [0.29, 0.717) is 28.4 Å². The third-order valence-electron chi connectivity index (χ3n) is 6.65. The predicted octanol–water partition coefficient (Wildman–Crippen LogP) is 4.85. The molecule has 1 aromatic carbocycles. The molecule has 4 rings (SSSR count). The van der Waals surface area contributed by atoms with Crippen molar-refractivity contribution in [2.24, 2.45) is 0 Å². The molecule has 0 unspecified atom stereocenters. The van der Waals surface area contributed by atoms with Crippen LogP contribution in [0.15, 0.2) is 29.4 Å². The third-order valence-corrected chi connectivity index (χ3v) is 10.8. The van der Waals surface area contributed by atoms with Crippen molar-refractivity contribution < 1.29 is 27.1 Å². The molecule has 1 fully saturated rings. The molecule has 35 heavy (non-hydrogen) atoms. The van der Waals surface area contributed by atoms with E-state index in [1.54, 1.807) is 30.5 Å². The van der Waals surface area contributed by atoms with Crippen LogP contribution in [0.25, 0.3) is 11.3 Å². The van der Waals surface area contributed by atoms with E-state index in [1.165, 1.54) is 16.7 Å². The summed E-state index contributed by atoms with van der Waals surface area (Å²) < 4.78 is 53.3. The van der Waals surface area contributed by atoms with Gasteiger partial charge in [0.25, 0.3) is 5.92 Å². The monoisotopic (exact) mass is 541 g/mol. The number of hydrogen-bond acceptors (Lipinski definition) is 6. The number of carbonyl (C=O) groups is 1. The van der Waals surface area contributed by atoms with Crippen LogP contribution < -0.4 is 0 Å². The van der Waals surface area contributed by atoms with E-state index in [-0.39, 0.29) is 41.7 Å². The number of sulfone groups is 1. The lowest BCUT2D eigenvalue weighted by Gasteiger charge is -2.49. The summed E-state index contributed by atoms with van der Waals surface area (Å²) in [6.45, 7) is 6.67. The van der Waals surface area contributed by atoms with Crippen LogP contribution in [-0.4, -0.2) is 66.9 Å². The van der Waals surface area contributed by atoms with Gasteiger partial charge in [0, 0.05) is 32.2 Å². The molecule has 2 aromatic rings. The first-order chi connectivity index (χ1) is 16.2. The molecule has 0 bridgehead atoms. The van der Waals surface area contributed by atoms with Gasteiger partial charge in [-0.15, -0.1) is 0 Å². The smallest absolute Gasteiger partial charge is 0.408 e. The molecule has 2 heterocycles. The summed E-state index contributed by atoms with van der Waals surface area (Å²) in [5.74, 6) is -3.55. The standard InChI is InChI=1S/C23H29F2N3O4S2Si/c1-33-20-26-18(17-9-10-23(24,25)19(17)27-20)15-5-7-16(8-6-15)22(13-34(31,32)14-22)28(21(29)30)11-12-35(2,3)4/h5-8H,9-14H2,1-4H3,(H,29,30). The Morgan fingerprint density at radius 1 is 1.17 bits per heavy atom. The lowest BCUT2D eigenvalue weighted by atomic mass is 9.89. The number of benzene rings is 1. The van der Waals surface area contributed by atoms with Crippen molar-refractivity contribution in [2.45, 2.75) is 55.1 Å². The van der Waals surface area contributed by atoms with Gasteiger partial charge >= 0.3 is 6.09 Å². The minimum atomic E-state index is -3.36. The van der Waals surface area contributed by atoms with Gasteiger partial charge in [-0.05, 0) is 24.3 Å². The fourth-order valence-corrected chi connectivity index (χ4v) is 8.05. The minimum absolute atomic E-state index is 0.166. The molecule has 1 aliphatic carbocycles. The summed E-state index contributed by atoms with van der Waals surface area (Å²) in [5.41, 5.74) is 0.655. The fraction of sp³-hybridized carbons (Fsp3) is 0.522. The van der Waals surface area contributed by atoms with Gasteiger partial charge in [-0.1, -0.05) is 55.7 Å². The Hall–Kier alpha value is -2.05. The summed E-state index contributed by atoms with van der Waals surface area (Å²) in [7, 11) is -4.95. The average molecular weight is 542 g/mol. The van der Waals surface area contributed by atoms with Gasteiger partial charge < -0.3 is 5.11 Å². The van der Waals surface area contributed by atoms with Crippen molar-refractivity contribution in [3.05, 3.63) is 41.1 Å². The fourth-order valence-electron chi connectivity index (χ4n) is 4.78. The van der Waals surface area contributed by atoms with Gasteiger partial charge in [-0.3, -0.25) is 4.90 Å². The third kappa shape index (κ3) is 4.97. The molecular weight excluding hydrogens is 512 g/mol. The van der Waals surface area contributed by atoms with Crippen LogP contribution in [-0.2, 0) is 27.7 Å². The number of nitrogens with zero attached hydrogens (tertiary/aromatic N) is 3. The largest absolute Gasteiger partial charge is 0.465 e. The van der Waals surface area contributed by atoms with Crippen molar-refractivity contribution in [1.82, 2.24) is 14.9 Å². The average Bonchev–Trinajstić information content (AvgIpc) is 3.05. The molecule has 0 atom stereocenters. The van der Waals surface area contributed by atoms with E-state index in [1.807, 2.05) is 0 Å². The highest BCUT2D eigenvalue weighted by molar-refractivity contribution is 7.98. The Bertz CT molecular complexity index is 1250. The molecule has 1 aromatic heterocycles. The number of alkyl halides is 2. The van der Waals surface area contributed by atoms with E-state index in [2.05, 4.69) is 29.6 Å².